The Labute approximate surface area is 237 Å². The monoisotopic (exact) mass is 586 g/mol. The Morgan fingerprint density at radius 2 is 1.88 bits per heavy atom. The predicted octanol–water partition coefficient (Wildman–Crippen LogP) is 2.44. The van der Waals surface area contributed by atoms with E-state index in [2.05, 4.69) is 4.98 Å². The van der Waals surface area contributed by atoms with Crippen LogP contribution < -0.4 is 20.0 Å². The van der Waals surface area contributed by atoms with Crippen LogP contribution in [0.2, 0.25) is 0 Å². The van der Waals surface area contributed by atoms with Gasteiger partial charge in [0, 0.05) is 31.4 Å². The van der Waals surface area contributed by atoms with Gasteiger partial charge in [0.1, 0.15) is 29.5 Å². The molecule has 0 spiro atoms. The van der Waals surface area contributed by atoms with E-state index in [4.69, 9.17) is 9.47 Å². The Morgan fingerprint density at radius 1 is 1.14 bits per heavy atom. The van der Waals surface area contributed by atoms with Crippen LogP contribution in [0.25, 0.3) is 11.0 Å². The highest BCUT2D eigenvalue weighted by Crippen LogP contribution is 2.38. The Balaban J connectivity index is 1.14. The smallest absolute Gasteiger partial charge is 0.414 e. The molecular weight excluding hydrogens is 558 g/mol. The summed E-state index contributed by atoms with van der Waals surface area (Å²) in [4.78, 5) is 43.5. The first-order valence-corrected chi connectivity index (χ1v) is 13.5. The molecule has 6 rings (SSSR count). The Morgan fingerprint density at radius 3 is 2.50 bits per heavy atom. The molecule has 0 radical (unpaired) electrons. The first-order chi connectivity index (χ1) is 20.1. The number of aliphatic hydroxyl groups excluding tert-OH is 1. The molecule has 2 aromatic heterocycles. The van der Waals surface area contributed by atoms with Crippen molar-refractivity contribution in [2.45, 2.75) is 43.4 Å². The van der Waals surface area contributed by atoms with Gasteiger partial charge in [-0.25, -0.2) is 23.4 Å². The SMILES string of the molecule is O=C(O)c1cn(C2CC2)c2nc(N3CCC(O)(COc4ccc(N5CC(CO)OC5=O)cc4F)CC3)c(F)cc2c1=O. The number of hydrogen-bond acceptors (Lipinski definition) is 9. The number of benzene rings is 1. The van der Waals surface area contributed by atoms with Gasteiger partial charge in [-0.15, -0.1) is 0 Å². The fourth-order valence-corrected chi connectivity index (χ4v) is 5.34. The lowest BCUT2D eigenvalue weighted by Crippen LogP contribution is -2.48. The summed E-state index contributed by atoms with van der Waals surface area (Å²) in [6.45, 7) is -0.107. The summed E-state index contributed by atoms with van der Waals surface area (Å²) in [6, 6.07) is 4.93. The molecule has 3 fully saturated rings. The fourth-order valence-electron chi connectivity index (χ4n) is 5.34. The van der Waals surface area contributed by atoms with Gasteiger partial charge in [0.2, 0.25) is 5.43 Å². The second-order valence-corrected chi connectivity index (χ2v) is 10.9. The second-order valence-electron chi connectivity index (χ2n) is 10.9. The predicted molar refractivity (Wildman–Crippen MR) is 144 cm³/mol. The second kappa shape index (κ2) is 10.5. The number of piperidine rings is 1. The third-order valence-corrected chi connectivity index (χ3v) is 7.90. The first-order valence-electron chi connectivity index (χ1n) is 13.5. The summed E-state index contributed by atoms with van der Waals surface area (Å²) in [5.74, 6) is -3.04. The number of carbonyl (C=O) groups is 2. The van der Waals surface area contributed by atoms with Gasteiger partial charge in [-0.3, -0.25) is 9.69 Å². The third kappa shape index (κ3) is 5.11. The highest BCUT2D eigenvalue weighted by molar-refractivity contribution is 5.92. The van der Waals surface area contributed by atoms with E-state index in [9.17, 15) is 34.1 Å². The van der Waals surface area contributed by atoms with E-state index in [0.717, 1.165) is 25.0 Å². The van der Waals surface area contributed by atoms with Gasteiger partial charge in [-0.05, 0) is 43.9 Å². The van der Waals surface area contributed by atoms with E-state index in [1.807, 2.05) is 0 Å². The van der Waals surface area contributed by atoms with Crippen LogP contribution in [0.4, 0.5) is 25.1 Å². The Bertz CT molecular complexity index is 1630. The topological polar surface area (TPSA) is 155 Å². The van der Waals surface area contributed by atoms with Crippen molar-refractivity contribution in [3.63, 3.8) is 0 Å². The van der Waals surface area contributed by atoms with Gasteiger partial charge in [0.05, 0.1) is 24.2 Å². The molecule has 0 bridgehead atoms. The number of pyridine rings is 2. The fraction of sp³-hybridized carbons (Fsp3) is 0.429. The van der Waals surface area contributed by atoms with Crippen LogP contribution >= 0.6 is 0 Å². The molecule has 3 aromatic rings. The summed E-state index contributed by atoms with van der Waals surface area (Å²) >= 11 is 0. The number of hydrogen-bond donors (Lipinski definition) is 3. The summed E-state index contributed by atoms with van der Waals surface area (Å²) in [5.41, 5.74) is -2.13. The molecule has 3 aliphatic rings. The number of cyclic esters (lactones) is 1. The molecule has 222 valence electrons. The molecule has 12 nitrogen and oxygen atoms in total. The minimum Gasteiger partial charge on any atom is -0.488 e. The molecule has 4 heterocycles. The minimum absolute atomic E-state index is 0.00662. The van der Waals surface area contributed by atoms with Gasteiger partial charge in [-0.1, -0.05) is 0 Å². The van der Waals surface area contributed by atoms with Crippen LogP contribution in [0, 0.1) is 11.6 Å². The number of amides is 1. The zero-order valence-electron chi connectivity index (χ0n) is 22.3. The summed E-state index contributed by atoms with van der Waals surface area (Å²) < 4.78 is 42.2. The number of nitrogens with zero attached hydrogens (tertiary/aromatic N) is 4. The normalized spacial score (nSPS) is 20.2. The third-order valence-electron chi connectivity index (χ3n) is 7.90. The minimum atomic E-state index is -1.39. The molecule has 1 amide bonds. The molecular formula is C28H28F2N4O8. The van der Waals surface area contributed by atoms with E-state index in [1.54, 1.807) is 9.47 Å². The van der Waals surface area contributed by atoms with Crippen molar-refractivity contribution in [1.82, 2.24) is 9.55 Å². The number of carbonyl (C=O) groups excluding carboxylic acids is 1. The number of carboxylic acid groups (broad SMARTS) is 1. The van der Waals surface area contributed by atoms with Crippen molar-refractivity contribution in [2.24, 2.45) is 0 Å². The van der Waals surface area contributed by atoms with Crippen molar-refractivity contribution in [1.29, 1.82) is 0 Å². The van der Waals surface area contributed by atoms with Crippen molar-refractivity contribution < 1.29 is 43.2 Å². The van der Waals surface area contributed by atoms with Crippen LogP contribution in [-0.2, 0) is 4.74 Å². The lowest BCUT2D eigenvalue weighted by Gasteiger charge is -2.38. The van der Waals surface area contributed by atoms with E-state index >= 15 is 4.39 Å². The van der Waals surface area contributed by atoms with Crippen molar-refractivity contribution in [3.8, 4) is 5.75 Å². The number of aromatic nitrogens is 2. The van der Waals surface area contributed by atoms with Gasteiger partial charge >= 0.3 is 12.1 Å². The summed E-state index contributed by atoms with van der Waals surface area (Å²) in [7, 11) is 0. The number of halogens is 2. The van der Waals surface area contributed by atoms with Gasteiger partial charge in [-0.2, -0.15) is 0 Å². The Kier molecular flexibility index (Phi) is 6.97. The summed E-state index contributed by atoms with van der Waals surface area (Å²) in [6.07, 6.45) is 1.77. The van der Waals surface area contributed by atoms with Crippen LogP contribution in [0.5, 0.6) is 5.75 Å². The number of anilines is 2. The van der Waals surface area contributed by atoms with Gasteiger partial charge in [0.25, 0.3) is 0 Å². The molecule has 3 N–H and O–H groups in total. The van der Waals surface area contributed by atoms with Crippen molar-refractivity contribution in [3.05, 3.63) is 57.9 Å². The molecule has 14 heteroatoms. The lowest BCUT2D eigenvalue weighted by molar-refractivity contribution is -0.0251. The van der Waals surface area contributed by atoms with E-state index < -0.39 is 46.4 Å². The Hall–Kier alpha value is -4.30. The molecule has 1 aromatic carbocycles. The van der Waals surface area contributed by atoms with E-state index in [1.165, 1.54) is 23.2 Å². The maximum absolute atomic E-state index is 15.2. The standard InChI is InChI=1S/C28H28F2N4O8/c29-20-9-16(34-11-17(13-35)42-27(34)39)3-4-22(20)41-14-28(40)5-7-32(8-6-28)25-21(30)10-18-23(36)19(26(37)38)12-33(15-1-2-15)24(18)31-25/h3-4,9-10,12,15,17,35,40H,1-2,5-8,11,13-14H2,(H,37,38). The zero-order chi connectivity index (χ0) is 29.8. The van der Waals surface area contributed by atoms with E-state index in [-0.39, 0.29) is 80.0 Å². The molecule has 1 saturated carbocycles. The summed E-state index contributed by atoms with van der Waals surface area (Å²) in [5, 5.41) is 29.6. The number of aromatic carboxylic acids is 1. The van der Waals surface area contributed by atoms with Crippen molar-refractivity contribution in [2.75, 3.05) is 42.6 Å². The maximum atomic E-state index is 15.2. The van der Waals surface area contributed by atoms with E-state index in [0.29, 0.717) is 0 Å². The van der Waals surface area contributed by atoms with Crippen LogP contribution in [-0.4, -0.2) is 81.5 Å². The zero-order valence-corrected chi connectivity index (χ0v) is 22.3. The van der Waals surface area contributed by atoms with Gasteiger partial charge in [0.15, 0.2) is 23.2 Å². The highest BCUT2D eigenvalue weighted by atomic mass is 19.1. The number of fused-ring (bicyclic) bond motifs is 1. The quantitative estimate of drug-likeness (QED) is 0.359. The largest absolute Gasteiger partial charge is 0.488 e. The van der Waals surface area contributed by atoms with Gasteiger partial charge < -0.3 is 34.3 Å². The molecule has 1 aliphatic carbocycles. The van der Waals surface area contributed by atoms with Crippen LogP contribution in [0.3, 0.4) is 0 Å². The molecule has 2 aliphatic heterocycles. The number of aliphatic hydroxyl groups is 2. The average molecular weight is 587 g/mol. The molecule has 42 heavy (non-hydrogen) atoms. The molecule has 1 unspecified atom stereocenters. The van der Waals surface area contributed by atoms with Crippen LogP contribution in [0.1, 0.15) is 42.1 Å². The highest BCUT2D eigenvalue weighted by Gasteiger charge is 2.36. The first kappa shape index (κ1) is 27.8. The average Bonchev–Trinajstić information content (AvgIpc) is 3.74. The maximum Gasteiger partial charge on any atom is 0.414 e. The lowest BCUT2D eigenvalue weighted by atomic mass is 9.92. The number of ether oxygens (including phenoxy) is 2. The van der Waals surface area contributed by atoms with Crippen molar-refractivity contribution >= 4 is 34.6 Å². The number of carboxylic acids is 1. The van der Waals surface area contributed by atoms with Crippen LogP contribution in [0.15, 0.2) is 35.3 Å². The molecule has 2 saturated heterocycles. The molecule has 1 atom stereocenters. The number of rotatable bonds is 8.